The average molecular weight is 232 g/mol. The summed E-state index contributed by atoms with van der Waals surface area (Å²) in [4.78, 5) is 10.8. The van der Waals surface area contributed by atoms with E-state index >= 15 is 0 Å². The van der Waals surface area contributed by atoms with Crippen molar-refractivity contribution >= 4 is 22.2 Å². The molecule has 3 heteroatoms. The van der Waals surface area contributed by atoms with Crippen LogP contribution in [0.4, 0.5) is 0 Å². The van der Waals surface area contributed by atoms with E-state index in [1.165, 1.54) is 0 Å². The Morgan fingerprint density at radius 1 is 1.25 bits per heavy atom. The molecule has 0 aliphatic carbocycles. The van der Waals surface area contributed by atoms with E-state index in [4.69, 9.17) is 0 Å². The van der Waals surface area contributed by atoms with Crippen molar-refractivity contribution in [3.05, 3.63) is 10.1 Å². The maximum atomic E-state index is 10.8. The minimum Gasteiger partial charge on any atom is -0.298 e. The van der Waals surface area contributed by atoms with E-state index in [1.54, 1.807) is 0 Å². The summed E-state index contributed by atoms with van der Waals surface area (Å²) in [6, 6.07) is 0. The molecule has 0 radical (unpaired) electrons. The maximum absolute atomic E-state index is 10.8. The van der Waals surface area contributed by atoms with Crippen LogP contribution in [0, 0.1) is 0 Å². The fourth-order valence-corrected chi connectivity index (χ4v) is 2.40. The van der Waals surface area contributed by atoms with Crippen molar-refractivity contribution in [1.29, 1.82) is 0 Å². The van der Waals surface area contributed by atoms with E-state index in [-0.39, 0.29) is 11.1 Å². The van der Waals surface area contributed by atoms with Crippen molar-refractivity contribution in [3.63, 3.8) is 0 Å². The lowest BCUT2D eigenvalue weighted by atomic mass is 9.98. The molecule has 0 unspecified atom stereocenters. The number of hydrogen-bond acceptors (Lipinski definition) is 2. The number of hydrogen-bond donors (Lipinski definition) is 1. The SMILES string of the molecule is CC1(C)NC(C)(C)C(C=O)=C1Br. The first-order valence-corrected chi connectivity index (χ1v) is 4.76. The highest BCUT2D eigenvalue weighted by Gasteiger charge is 2.42. The molecule has 0 aromatic rings. The van der Waals surface area contributed by atoms with Crippen LogP contribution < -0.4 is 5.32 Å². The monoisotopic (exact) mass is 231 g/mol. The first-order chi connectivity index (χ1) is 5.31. The van der Waals surface area contributed by atoms with Crippen molar-refractivity contribution in [3.8, 4) is 0 Å². The minimum atomic E-state index is -0.218. The standard InChI is InChI=1S/C9H14BrNO/c1-8(2)6(5-12)7(10)9(3,4)11-8/h5,11H,1-4H3. The number of halogens is 1. The predicted octanol–water partition coefficient (Wildman–Crippen LogP) is 1.99. The zero-order valence-electron chi connectivity index (χ0n) is 7.86. The van der Waals surface area contributed by atoms with Gasteiger partial charge in [0, 0.05) is 21.1 Å². The molecule has 0 amide bonds. The van der Waals surface area contributed by atoms with Crippen molar-refractivity contribution in [2.45, 2.75) is 38.8 Å². The number of rotatable bonds is 1. The van der Waals surface area contributed by atoms with Crippen LogP contribution in [-0.4, -0.2) is 17.4 Å². The van der Waals surface area contributed by atoms with Crippen LogP contribution in [0.15, 0.2) is 10.1 Å². The lowest BCUT2D eigenvalue weighted by molar-refractivity contribution is -0.105. The second-order valence-corrected chi connectivity index (χ2v) is 5.01. The van der Waals surface area contributed by atoms with Crippen molar-refractivity contribution in [1.82, 2.24) is 5.32 Å². The summed E-state index contributed by atoms with van der Waals surface area (Å²) in [5, 5.41) is 3.37. The predicted molar refractivity (Wildman–Crippen MR) is 53.3 cm³/mol. The fraction of sp³-hybridized carbons (Fsp3) is 0.667. The third-order valence-corrected chi connectivity index (χ3v) is 3.62. The number of carbonyl (C=O) groups is 1. The Kier molecular flexibility index (Phi) is 2.21. The molecule has 1 heterocycles. The van der Waals surface area contributed by atoms with Gasteiger partial charge >= 0.3 is 0 Å². The highest BCUT2D eigenvalue weighted by atomic mass is 79.9. The fourth-order valence-electron chi connectivity index (χ4n) is 1.71. The second kappa shape index (κ2) is 2.67. The molecule has 0 spiro atoms. The molecule has 0 bridgehead atoms. The summed E-state index contributed by atoms with van der Waals surface area (Å²) in [7, 11) is 0. The minimum absolute atomic E-state index is 0.125. The van der Waals surface area contributed by atoms with Gasteiger partial charge in [0.15, 0.2) is 0 Å². The highest BCUT2D eigenvalue weighted by molar-refractivity contribution is 9.11. The molecule has 0 aromatic heterocycles. The van der Waals surface area contributed by atoms with Crippen LogP contribution in [-0.2, 0) is 4.79 Å². The Morgan fingerprint density at radius 3 is 1.92 bits per heavy atom. The normalized spacial score (nSPS) is 26.1. The van der Waals surface area contributed by atoms with Gasteiger partial charge in [-0.05, 0) is 27.7 Å². The molecule has 0 fully saturated rings. The first kappa shape index (κ1) is 9.93. The second-order valence-electron chi connectivity index (χ2n) is 4.22. The van der Waals surface area contributed by atoms with E-state index in [0.717, 1.165) is 16.3 Å². The van der Waals surface area contributed by atoms with Crippen molar-refractivity contribution in [2.75, 3.05) is 0 Å². The van der Waals surface area contributed by atoms with Crippen LogP contribution >= 0.6 is 15.9 Å². The van der Waals surface area contributed by atoms with Gasteiger partial charge in [-0.1, -0.05) is 15.9 Å². The lowest BCUT2D eigenvalue weighted by Crippen LogP contribution is -2.46. The van der Waals surface area contributed by atoms with Gasteiger partial charge in [0.1, 0.15) is 6.29 Å². The van der Waals surface area contributed by atoms with Crippen molar-refractivity contribution in [2.24, 2.45) is 0 Å². The molecular weight excluding hydrogens is 218 g/mol. The average Bonchev–Trinajstić information content (AvgIpc) is 1.98. The topological polar surface area (TPSA) is 29.1 Å². The number of aldehydes is 1. The Labute approximate surface area is 81.5 Å². The molecule has 1 rings (SSSR count). The van der Waals surface area contributed by atoms with E-state index in [2.05, 4.69) is 35.1 Å². The summed E-state index contributed by atoms with van der Waals surface area (Å²) in [6.07, 6.45) is 0.922. The third-order valence-electron chi connectivity index (χ3n) is 2.20. The molecule has 1 aliphatic heterocycles. The quantitative estimate of drug-likeness (QED) is 0.700. The molecule has 0 atom stereocenters. The first-order valence-electron chi connectivity index (χ1n) is 3.96. The van der Waals surface area contributed by atoms with Crippen LogP contribution in [0.1, 0.15) is 27.7 Å². The number of carbonyl (C=O) groups excluding carboxylic acids is 1. The number of nitrogens with one attached hydrogen (secondary N) is 1. The van der Waals surface area contributed by atoms with Crippen LogP contribution in [0.3, 0.4) is 0 Å². The summed E-state index contributed by atoms with van der Waals surface area (Å²) >= 11 is 3.45. The molecule has 0 aromatic carbocycles. The zero-order valence-corrected chi connectivity index (χ0v) is 9.45. The molecule has 1 N–H and O–H groups in total. The Balaban J connectivity index is 3.19. The molecule has 0 saturated heterocycles. The Morgan fingerprint density at radius 2 is 1.75 bits per heavy atom. The van der Waals surface area contributed by atoms with Crippen LogP contribution in [0.2, 0.25) is 0 Å². The summed E-state index contributed by atoms with van der Waals surface area (Å²) < 4.78 is 0.968. The molecule has 2 nitrogen and oxygen atoms in total. The third kappa shape index (κ3) is 1.36. The highest BCUT2D eigenvalue weighted by Crippen LogP contribution is 2.38. The molecule has 12 heavy (non-hydrogen) atoms. The van der Waals surface area contributed by atoms with Gasteiger partial charge in [-0.25, -0.2) is 0 Å². The largest absolute Gasteiger partial charge is 0.298 e. The Bertz CT molecular complexity index is 253. The van der Waals surface area contributed by atoms with Gasteiger partial charge in [0.2, 0.25) is 0 Å². The van der Waals surface area contributed by atoms with Gasteiger partial charge in [-0.15, -0.1) is 0 Å². The summed E-state index contributed by atoms with van der Waals surface area (Å²) in [5.74, 6) is 0. The maximum Gasteiger partial charge on any atom is 0.148 e. The van der Waals surface area contributed by atoms with Crippen molar-refractivity contribution < 1.29 is 4.79 Å². The van der Waals surface area contributed by atoms with Crippen LogP contribution in [0.25, 0.3) is 0 Å². The van der Waals surface area contributed by atoms with Gasteiger partial charge in [-0.3, -0.25) is 10.1 Å². The van der Waals surface area contributed by atoms with E-state index in [0.29, 0.717) is 0 Å². The van der Waals surface area contributed by atoms with Gasteiger partial charge in [0.05, 0.1) is 0 Å². The summed E-state index contributed by atoms with van der Waals surface area (Å²) in [5.41, 5.74) is 0.469. The van der Waals surface area contributed by atoms with Crippen LogP contribution in [0.5, 0.6) is 0 Å². The van der Waals surface area contributed by atoms with E-state index < -0.39 is 0 Å². The van der Waals surface area contributed by atoms with Gasteiger partial charge in [0.25, 0.3) is 0 Å². The summed E-state index contributed by atoms with van der Waals surface area (Å²) in [6.45, 7) is 8.12. The molecular formula is C9H14BrNO. The zero-order chi connectivity index (χ0) is 9.57. The van der Waals surface area contributed by atoms with Gasteiger partial charge < -0.3 is 0 Å². The van der Waals surface area contributed by atoms with Gasteiger partial charge in [-0.2, -0.15) is 0 Å². The van der Waals surface area contributed by atoms with E-state index in [9.17, 15) is 4.79 Å². The molecule has 1 aliphatic rings. The lowest BCUT2D eigenvalue weighted by Gasteiger charge is -2.26. The molecule has 68 valence electrons. The molecule has 0 saturated carbocycles. The van der Waals surface area contributed by atoms with E-state index in [1.807, 2.05) is 13.8 Å². The Hall–Kier alpha value is -0.150. The smallest absolute Gasteiger partial charge is 0.148 e.